The Morgan fingerprint density at radius 2 is 2.03 bits per heavy atom. The number of hydrogen-bond donors (Lipinski definition) is 0. The van der Waals surface area contributed by atoms with Crippen LogP contribution in [0.2, 0.25) is 0 Å². The molecule has 3 heterocycles. The van der Waals surface area contributed by atoms with E-state index < -0.39 is 5.82 Å². The normalized spacial score (nSPS) is 18.1. The summed E-state index contributed by atoms with van der Waals surface area (Å²) in [6.07, 6.45) is 9.07. The first-order valence-electron chi connectivity index (χ1n) is 13.0. The number of aryl methyl sites for hydroxylation is 1. The van der Waals surface area contributed by atoms with Crippen LogP contribution in [0, 0.1) is 18.7 Å². The number of benzene rings is 2. The molecule has 1 saturated carbocycles. The molecule has 1 aliphatic carbocycles. The minimum atomic E-state index is -0.499. The highest BCUT2D eigenvalue weighted by atomic mass is 19.1. The zero-order valence-corrected chi connectivity index (χ0v) is 21.5. The zero-order valence-electron chi connectivity index (χ0n) is 21.5. The lowest BCUT2D eigenvalue weighted by atomic mass is 9.96. The molecular weight excluding hydrogens is 479 g/mol. The van der Waals surface area contributed by atoms with Crippen LogP contribution in [0.25, 0.3) is 22.5 Å². The Hall–Kier alpha value is -4.13. The molecule has 2 bridgehead atoms. The largest absolute Gasteiger partial charge is 0.496 e. The van der Waals surface area contributed by atoms with Crippen LogP contribution in [-0.4, -0.2) is 40.4 Å². The maximum atomic E-state index is 14.7. The van der Waals surface area contributed by atoms with E-state index in [0.717, 1.165) is 34.5 Å². The standard InChI is InChI=1S/C31H29FN4O2/c1-19-10-12-33-17-24(19)21-7-8-22(27(15-21)36-18-20-6-9-23(36)14-20)16-28(37)26-11-13-34-31(35-26)30-25(32)4-3-5-29(30)38-2/h3-5,7-8,10-13,15,17,20,23H,6,9,14,16,18H2,1-2H3/t20-,23+/m0/s1. The average Bonchev–Trinajstić information content (AvgIpc) is 3.58. The fourth-order valence-electron chi connectivity index (χ4n) is 5.92. The number of anilines is 1. The van der Waals surface area contributed by atoms with Crippen LogP contribution in [0.5, 0.6) is 5.75 Å². The second kappa shape index (κ2) is 9.97. The third-order valence-electron chi connectivity index (χ3n) is 7.87. The molecule has 6 rings (SSSR count). The zero-order chi connectivity index (χ0) is 26.2. The van der Waals surface area contributed by atoms with E-state index in [9.17, 15) is 9.18 Å². The number of methoxy groups -OCH3 is 1. The van der Waals surface area contributed by atoms with Crippen LogP contribution in [0.1, 0.15) is 40.9 Å². The Labute approximate surface area is 221 Å². The highest BCUT2D eigenvalue weighted by Crippen LogP contribution is 2.42. The van der Waals surface area contributed by atoms with E-state index in [1.54, 1.807) is 24.4 Å². The van der Waals surface area contributed by atoms with E-state index in [1.165, 1.54) is 38.6 Å². The van der Waals surface area contributed by atoms with Crippen molar-refractivity contribution in [3.05, 3.63) is 89.8 Å². The van der Waals surface area contributed by atoms with Gasteiger partial charge in [-0.1, -0.05) is 18.2 Å². The first kappa shape index (κ1) is 24.2. The number of rotatable bonds is 7. The van der Waals surface area contributed by atoms with Crippen LogP contribution in [-0.2, 0) is 6.42 Å². The number of ketones is 1. The summed E-state index contributed by atoms with van der Waals surface area (Å²) in [5, 5.41) is 0. The molecule has 0 amide bonds. The number of carbonyl (C=O) groups is 1. The molecule has 2 aromatic heterocycles. The molecule has 192 valence electrons. The van der Waals surface area contributed by atoms with Crippen LogP contribution in [0.4, 0.5) is 10.1 Å². The number of fused-ring (bicyclic) bond motifs is 2. The molecule has 4 aromatic rings. The summed E-state index contributed by atoms with van der Waals surface area (Å²) in [6.45, 7) is 3.11. The molecule has 0 spiro atoms. The number of piperidine rings is 1. The van der Waals surface area contributed by atoms with Gasteiger partial charge >= 0.3 is 0 Å². The quantitative estimate of drug-likeness (QED) is 0.282. The Balaban J connectivity index is 1.35. The Bertz CT molecular complexity index is 1520. The van der Waals surface area contributed by atoms with E-state index in [1.807, 2.05) is 12.3 Å². The topological polar surface area (TPSA) is 68.2 Å². The van der Waals surface area contributed by atoms with E-state index in [0.29, 0.717) is 17.7 Å². The molecule has 0 unspecified atom stereocenters. The number of nitrogens with zero attached hydrogens (tertiary/aromatic N) is 4. The maximum absolute atomic E-state index is 14.7. The molecule has 0 N–H and O–H groups in total. The number of hydrogen-bond acceptors (Lipinski definition) is 6. The highest BCUT2D eigenvalue weighted by molar-refractivity contribution is 5.97. The predicted molar refractivity (Wildman–Crippen MR) is 145 cm³/mol. The summed E-state index contributed by atoms with van der Waals surface area (Å²) < 4.78 is 20.0. The molecular formula is C31H29FN4O2. The molecule has 0 radical (unpaired) electrons. The van der Waals surface area contributed by atoms with Gasteiger partial charge < -0.3 is 9.64 Å². The number of ether oxygens (including phenoxy) is 1. The fourth-order valence-corrected chi connectivity index (χ4v) is 5.92. The van der Waals surface area contributed by atoms with Crippen molar-refractivity contribution in [1.82, 2.24) is 15.0 Å². The number of aromatic nitrogens is 3. The second-order valence-corrected chi connectivity index (χ2v) is 10.2. The van der Waals surface area contributed by atoms with Crippen molar-refractivity contribution >= 4 is 11.5 Å². The SMILES string of the molecule is COc1cccc(F)c1-c1nccc(C(=O)Cc2ccc(-c3cnccc3C)cc2N2C[C@H]3CC[C@@H]2C3)n1. The minimum absolute atomic E-state index is 0.130. The van der Waals surface area contributed by atoms with Gasteiger partial charge in [-0.25, -0.2) is 14.4 Å². The van der Waals surface area contributed by atoms with Gasteiger partial charge in [-0.05, 0) is 79.1 Å². The van der Waals surface area contributed by atoms with E-state index >= 15 is 0 Å². The van der Waals surface area contributed by atoms with Crippen LogP contribution >= 0.6 is 0 Å². The highest BCUT2D eigenvalue weighted by Gasteiger charge is 2.38. The van der Waals surface area contributed by atoms with Gasteiger partial charge in [0.15, 0.2) is 11.6 Å². The lowest BCUT2D eigenvalue weighted by Crippen LogP contribution is -2.32. The first-order valence-corrected chi connectivity index (χ1v) is 13.0. The maximum Gasteiger partial charge on any atom is 0.185 e. The van der Waals surface area contributed by atoms with E-state index in [2.05, 4.69) is 45.0 Å². The van der Waals surface area contributed by atoms with Gasteiger partial charge in [0.1, 0.15) is 17.3 Å². The van der Waals surface area contributed by atoms with Crippen molar-refractivity contribution in [1.29, 1.82) is 0 Å². The Kier molecular flexibility index (Phi) is 6.35. The summed E-state index contributed by atoms with van der Waals surface area (Å²) in [6, 6.07) is 15.0. The lowest BCUT2D eigenvalue weighted by molar-refractivity contribution is 0.0988. The summed E-state index contributed by atoms with van der Waals surface area (Å²) in [5.41, 5.74) is 5.83. The van der Waals surface area contributed by atoms with Gasteiger partial charge in [0.25, 0.3) is 0 Å². The van der Waals surface area contributed by atoms with Crippen molar-refractivity contribution in [3.63, 3.8) is 0 Å². The summed E-state index contributed by atoms with van der Waals surface area (Å²) in [7, 11) is 1.47. The van der Waals surface area contributed by atoms with Crippen LogP contribution in [0.15, 0.2) is 67.1 Å². The van der Waals surface area contributed by atoms with Crippen molar-refractivity contribution in [2.75, 3.05) is 18.6 Å². The van der Waals surface area contributed by atoms with E-state index in [-0.39, 0.29) is 29.3 Å². The monoisotopic (exact) mass is 508 g/mol. The van der Waals surface area contributed by atoms with Gasteiger partial charge in [0.05, 0.1) is 12.7 Å². The van der Waals surface area contributed by atoms with Crippen molar-refractivity contribution in [2.24, 2.45) is 5.92 Å². The third kappa shape index (κ3) is 4.42. The Morgan fingerprint density at radius 3 is 2.79 bits per heavy atom. The number of Topliss-reactive ketones (excluding diaryl/α,β-unsaturated/α-hetero) is 1. The van der Waals surface area contributed by atoms with E-state index in [4.69, 9.17) is 4.74 Å². The molecule has 1 saturated heterocycles. The Morgan fingerprint density at radius 1 is 1.13 bits per heavy atom. The third-order valence-corrected chi connectivity index (χ3v) is 7.87. The summed E-state index contributed by atoms with van der Waals surface area (Å²) in [4.78, 5) is 29.0. The van der Waals surface area contributed by atoms with Crippen molar-refractivity contribution in [3.8, 4) is 28.3 Å². The van der Waals surface area contributed by atoms with Gasteiger partial charge in [-0.3, -0.25) is 9.78 Å². The molecule has 7 heteroatoms. The number of pyridine rings is 1. The minimum Gasteiger partial charge on any atom is -0.496 e. The van der Waals surface area contributed by atoms with Gasteiger partial charge in [0, 0.05) is 48.8 Å². The molecule has 38 heavy (non-hydrogen) atoms. The number of carbonyl (C=O) groups excluding carboxylic acids is 1. The molecule has 2 fully saturated rings. The van der Waals surface area contributed by atoms with Crippen LogP contribution < -0.4 is 9.64 Å². The molecule has 2 aromatic carbocycles. The summed E-state index contributed by atoms with van der Waals surface area (Å²) >= 11 is 0. The second-order valence-electron chi connectivity index (χ2n) is 10.2. The smallest absolute Gasteiger partial charge is 0.185 e. The van der Waals surface area contributed by atoms with Crippen molar-refractivity contribution in [2.45, 2.75) is 38.6 Å². The molecule has 2 atom stereocenters. The van der Waals surface area contributed by atoms with Gasteiger partial charge in [-0.15, -0.1) is 0 Å². The molecule has 1 aliphatic heterocycles. The predicted octanol–water partition coefficient (Wildman–Crippen LogP) is 6.08. The first-order chi connectivity index (χ1) is 18.5. The van der Waals surface area contributed by atoms with Crippen LogP contribution in [0.3, 0.4) is 0 Å². The number of halogens is 1. The van der Waals surface area contributed by atoms with Gasteiger partial charge in [0.2, 0.25) is 0 Å². The lowest BCUT2D eigenvalue weighted by Gasteiger charge is -2.31. The van der Waals surface area contributed by atoms with Gasteiger partial charge in [-0.2, -0.15) is 0 Å². The fraction of sp³-hybridized carbons (Fsp3) is 0.290. The van der Waals surface area contributed by atoms with Crippen molar-refractivity contribution < 1.29 is 13.9 Å². The summed E-state index contributed by atoms with van der Waals surface area (Å²) in [5.74, 6) is 0.529. The average molecular weight is 509 g/mol. The molecule has 2 aliphatic rings. The molecule has 6 nitrogen and oxygen atoms in total.